The van der Waals surface area contributed by atoms with Crippen molar-refractivity contribution in [3.8, 4) is 17.6 Å². The zero-order valence-electron chi connectivity index (χ0n) is 11.2. The molecular formula is C15H12BrClN2O2. The smallest absolute Gasteiger partial charge is 0.172 e. The summed E-state index contributed by atoms with van der Waals surface area (Å²) >= 11 is 9.21. The van der Waals surface area contributed by atoms with Crippen LogP contribution in [0.25, 0.3) is 0 Å². The molecule has 0 bridgehead atoms. The van der Waals surface area contributed by atoms with Crippen LogP contribution in [0.5, 0.6) is 11.5 Å². The van der Waals surface area contributed by atoms with Crippen LogP contribution in [-0.4, -0.2) is 12.2 Å². The molecule has 0 aliphatic carbocycles. The summed E-state index contributed by atoms with van der Waals surface area (Å²) in [5.74, 6) is 0.439. The lowest BCUT2D eigenvalue weighted by Crippen LogP contribution is -2.02. The second-order valence-corrected chi connectivity index (χ2v) is 5.57. The van der Waals surface area contributed by atoms with Gasteiger partial charge >= 0.3 is 0 Å². The van der Waals surface area contributed by atoms with Crippen molar-refractivity contribution >= 4 is 33.2 Å². The maximum Gasteiger partial charge on any atom is 0.172 e. The average Bonchev–Trinajstić information content (AvgIpc) is 2.48. The van der Waals surface area contributed by atoms with Gasteiger partial charge in [-0.1, -0.05) is 11.6 Å². The van der Waals surface area contributed by atoms with Gasteiger partial charge in [-0.15, -0.1) is 0 Å². The highest BCUT2D eigenvalue weighted by Crippen LogP contribution is 2.35. The molecule has 0 fully saturated rings. The maximum atomic E-state index is 9.77. The first kappa shape index (κ1) is 15.5. The molecule has 0 amide bonds. The fraction of sp³-hybridized carbons (Fsp3) is 0.133. The molecule has 0 aromatic heterocycles. The highest BCUT2D eigenvalue weighted by Gasteiger charge is 2.09. The van der Waals surface area contributed by atoms with Gasteiger partial charge in [0.15, 0.2) is 11.5 Å². The van der Waals surface area contributed by atoms with Crippen LogP contribution in [0.3, 0.4) is 0 Å². The predicted molar refractivity (Wildman–Crippen MR) is 85.9 cm³/mol. The van der Waals surface area contributed by atoms with Gasteiger partial charge in [0.1, 0.15) is 6.07 Å². The zero-order valence-corrected chi connectivity index (χ0v) is 13.5. The standard InChI is InChI=1S/C15H12BrClN2O2/c1-21-14-5-9(4-12(16)15(14)20)8-19-13-6-11(17)3-2-10(13)7-18/h2-6,19-20H,8H2,1H3. The third-order valence-electron chi connectivity index (χ3n) is 2.89. The summed E-state index contributed by atoms with van der Waals surface area (Å²) in [5.41, 5.74) is 2.07. The van der Waals surface area contributed by atoms with E-state index in [4.69, 9.17) is 21.6 Å². The van der Waals surface area contributed by atoms with Crippen molar-refractivity contribution in [2.45, 2.75) is 6.54 Å². The van der Waals surface area contributed by atoms with Crippen molar-refractivity contribution in [2.75, 3.05) is 12.4 Å². The van der Waals surface area contributed by atoms with Crippen LogP contribution in [0, 0.1) is 11.3 Å². The molecule has 108 valence electrons. The normalized spacial score (nSPS) is 10.0. The van der Waals surface area contributed by atoms with Gasteiger partial charge in [0.25, 0.3) is 0 Å². The predicted octanol–water partition coefficient (Wildman–Crippen LogP) is 4.30. The largest absolute Gasteiger partial charge is 0.503 e. The van der Waals surface area contributed by atoms with E-state index in [0.29, 0.717) is 33.0 Å². The fourth-order valence-corrected chi connectivity index (χ4v) is 2.50. The van der Waals surface area contributed by atoms with E-state index in [1.165, 1.54) is 7.11 Å². The Morgan fingerprint density at radius 1 is 1.38 bits per heavy atom. The number of aromatic hydroxyl groups is 1. The minimum atomic E-state index is 0.0571. The summed E-state index contributed by atoms with van der Waals surface area (Å²) < 4.78 is 5.65. The molecule has 6 heteroatoms. The molecule has 0 saturated heterocycles. The molecule has 0 spiro atoms. The first-order chi connectivity index (χ1) is 10.0. The van der Waals surface area contributed by atoms with Crippen LogP contribution >= 0.6 is 27.5 Å². The Hall–Kier alpha value is -1.90. The zero-order chi connectivity index (χ0) is 15.4. The Balaban J connectivity index is 2.23. The number of ether oxygens (including phenoxy) is 1. The number of nitrogens with one attached hydrogen (secondary N) is 1. The number of nitrogens with zero attached hydrogens (tertiary/aromatic N) is 1. The van der Waals surface area contributed by atoms with E-state index in [1.54, 1.807) is 30.3 Å². The molecule has 0 atom stereocenters. The maximum absolute atomic E-state index is 9.77. The summed E-state index contributed by atoms with van der Waals surface area (Å²) in [6.45, 7) is 0.463. The summed E-state index contributed by atoms with van der Waals surface area (Å²) in [6, 6.07) is 10.7. The van der Waals surface area contributed by atoms with Gasteiger partial charge in [0.05, 0.1) is 22.8 Å². The second-order valence-electron chi connectivity index (χ2n) is 4.28. The van der Waals surface area contributed by atoms with Gasteiger partial charge in [-0.05, 0) is 51.8 Å². The number of halogens is 2. The van der Waals surface area contributed by atoms with Crippen molar-refractivity contribution in [2.24, 2.45) is 0 Å². The SMILES string of the molecule is COc1cc(CNc2cc(Cl)ccc2C#N)cc(Br)c1O. The lowest BCUT2D eigenvalue weighted by Gasteiger charge is -2.11. The van der Waals surface area contributed by atoms with Crippen molar-refractivity contribution in [3.63, 3.8) is 0 Å². The summed E-state index contributed by atoms with van der Waals surface area (Å²) in [5, 5.41) is 22.6. The van der Waals surface area contributed by atoms with E-state index in [2.05, 4.69) is 27.3 Å². The molecule has 0 aliphatic rings. The van der Waals surface area contributed by atoms with Gasteiger partial charge in [-0.3, -0.25) is 0 Å². The van der Waals surface area contributed by atoms with E-state index in [-0.39, 0.29) is 5.75 Å². The van der Waals surface area contributed by atoms with E-state index >= 15 is 0 Å². The number of phenols is 1. The van der Waals surface area contributed by atoms with E-state index < -0.39 is 0 Å². The van der Waals surface area contributed by atoms with Crippen LogP contribution in [0.15, 0.2) is 34.8 Å². The quantitative estimate of drug-likeness (QED) is 0.845. The van der Waals surface area contributed by atoms with Crippen molar-refractivity contribution in [1.82, 2.24) is 0 Å². The van der Waals surface area contributed by atoms with E-state index in [1.807, 2.05) is 0 Å². The Kier molecular flexibility index (Phi) is 4.94. The number of hydrogen-bond donors (Lipinski definition) is 2. The molecule has 2 aromatic carbocycles. The first-order valence-corrected chi connectivity index (χ1v) is 7.21. The van der Waals surface area contributed by atoms with E-state index in [9.17, 15) is 5.11 Å². The Labute approximate surface area is 136 Å². The summed E-state index contributed by atoms with van der Waals surface area (Å²) in [4.78, 5) is 0. The third-order valence-corrected chi connectivity index (χ3v) is 3.73. The Morgan fingerprint density at radius 3 is 2.81 bits per heavy atom. The monoisotopic (exact) mass is 366 g/mol. The van der Waals surface area contributed by atoms with Crippen LogP contribution in [0.4, 0.5) is 5.69 Å². The molecule has 2 rings (SSSR count). The van der Waals surface area contributed by atoms with Gasteiger partial charge < -0.3 is 15.2 Å². The topological polar surface area (TPSA) is 65.3 Å². The average molecular weight is 368 g/mol. The van der Waals surface area contributed by atoms with E-state index in [0.717, 1.165) is 5.56 Å². The van der Waals surface area contributed by atoms with Crippen LogP contribution in [-0.2, 0) is 6.54 Å². The second kappa shape index (κ2) is 6.70. The molecule has 21 heavy (non-hydrogen) atoms. The molecular weight excluding hydrogens is 356 g/mol. The first-order valence-electron chi connectivity index (χ1n) is 6.04. The molecule has 4 nitrogen and oxygen atoms in total. The fourth-order valence-electron chi connectivity index (χ4n) is 1.84. The summed E-state index contributed by atoms with van der Waals surface area (Å²) in [7, 11) is 1.49. The number of phenolic OH excluding ortho intramolecular Hbond substituents is 1. The minimum Gasteiger partial charge on any atom is -0.503 e. The molecule has 0 unspecified atom stereocenters. The van der Waals surface area contributed by atoms with Crippen molar-refractivity contribution < 1.29 is 9.84 Å². The third kappa shape index (κ3) is 3.60. The number of anilines is 1. The number of nitriles is 1. The number of benzene rings is 2. The van der Waals surface area contributed by atoms with Gasteiger partial charge in [0, 0.05) is 11.6 Å². The highest BCUT2D eigenvalue weighted by atomic mass is 79.9. The van der Waals surface area contributed by atoms with Gasteiger partial charge in [0.2, 0.25) is 0 Å². The molecule has 0 saturated carbocycles. The van der Waals surface area contributed by atoms with Crippen molar-refractivity contribution in [1.29, 1.82) is 5.26 Å². The van der Waals surface area contributed by atoms with Crippen molar-refractivity contribution in [3.05, 3.63) is 51.0 Å². The highest BCUT2D eigenvalue weighted by molar-refractivity contribution is 9.10. The Morgan fingerprint density at radius 2 is 2.14 bits per heavy atom. The number of rotatable bonds is 4. The molecule has 0 heterocycles. The van der Waals surface area contributed by atoms with Gasteiger partial charge in [-0.25, -0.2) is 0 Å². The Bertz CT molecular complexity index is 714. The molecule has 0 radical (unpaired) electrons. The lowest BCUT2D eigenvalue weighted by molar-refractivity contribution is 0.371. The molecule has 2 N–H and O–H groups in total. The number of methoxy groups -OCH3 is 1. The minimum absolute atomic E-state index is 0.0571. The molecule has 2 aromatic rings. The summed E-state index contributed by atoms with van der Waals surface area (Å²) in [6.07, 6.45) is 0. The molecule has 0 aliphatic heterocycles. The van der Waals surface area contributed by atoms with Crippen LogP contribution in [0.2, 0.25) is 5.02 Å². The number of hydrogen-bond acceptors (Lipinski definition) is 4. The lowest BCUT2D eigenvalue weighted by atomic mass is 10.1. The van der Waals surface area contributed by atoms with Crippen LogP contribution in [0.1, 0.15) is 11.1 Å². The van der Waals surface area contributed by atoms with Crippen LogP contribution < -0.4 is 10.1 Å². The van der Waals surface area contributed by atoms with Gasteiger partial charge in [-0.2, -0.15) is 5.26 Å².